The molecule has 2 aromatic carbocycles. The maximum atomic E-state index is 13.0. The lowest BCUT2D eigenvalue weighted by atomic mass is 10.0. The minimum atomic E-state index is -0.0807. The van der Waals surface area contributed by atoms with Crippen LogP contribution in [0.3, 0.4) is 0 Å². The van der Waals surface area contributed by atoms with Crippen molar-refractivity contribution in [2.24, 2.45) is 0 Å². The van der Waals surface area contributed by atoms with Gasteiger partial charge in [-0.15, -0.1) is 11.3 Å². The van der Waals surface area contributed by atoms with Gasteiger partial charge in [-0.2, -0.15) is 0 Å². The molecule has 1 fully saturated rings. The van der Waals surface area contributed by atoms with Crippen molar-refractivity contribution in [3.63, 3.8) is 0 Å². The van der Waals surface area contributed by atoms with E-state index >= 15 is 0 Å². The average Bonchev–Trinajstić information content (AvgIpc) is 3.46. The van der Waals surface area contributed by atoms with Crippen LogP contribution in [-0.2, 0) is 6.54 Å². The number of hydrogen-bond donors (Lipinski definition) is 1. The SMILES string of the molecule is COc1ccc([C@H]2CCCN2Cc2nc3scc(-c4ccccc4)c3c(=O)[nH]2)c(OC)c1. The molecule has 0 spiro atoms. The van der Waals surface area contributed by atoms with E-state index in [-0.39, 0.29) is 11.6 Å². The molecule has 1 aliphatic heterocycles. The van der Waals surface area contributed by atoms with Gasteiger partial charge in [0.2, 0.25) is 0 Å². The number of rotatable bonds is 6. The number of H-pyrrole nitrogens is 1. The summed E-state index contributed by atoms with van der Waals surface area (Å²) in [6, 6.07) is 16.2. The third-order valence-electron chi connectivity index (χ3n) is 6.09. The number of hydrogen-bond acceptors (Lipinski definition) is 6. The van der Waals surface area contributed by atoms with Crippen LogP contribution in [0.4, 0.5) is 0 Å². The molecule has 0 aliphatic carbocycles. The first-order chi connectivity index (χ1) is 15.7. The summed E-state index contributed by atoms with van der Waals surface area (Å²) in [6.07, 6.45) is 2.12. The molecule has 5 rings (SSSR count). The fraction of sp³-hybridized carbons (Fsp3) is 0.280. The normalized spacial score (nSPS) is 16.5. The van der Waals surface area contributed by atoms with E-state index in [1.165, 1.54) is 11.3 Å². The Bertz CT molecular complexity index is 1300. The summed E-state index contributed by atoms with van der Waals surface area (Å²) in [7, 11) is 3.34. The van der Waals surface area contributed by atoms with E-state index in [4.69, 9.17) is 14.5 Å². The maximum absolute atomic E-state index is 13.0. The molecule has 0 saturated carbocycles. The van der Waals surface area contributed by atoms with Crippen LogP contribution >= 0.6 is 11.3 Å². The number of benzene rings is 2. The van der Waals surface area contributed by atoms with Crippen LogP contribution in [0.15, 0.2) is 58.7 Å². The van der Waals surface area contributed by atoms with Crippen molar-refractivity contribution in [2.75, 3.05) is 20.8 Å². The van der Waals surface area contributed by atoms with Crippen molar-refractivity contribution in [3.05, 3.63) is 75.7 Å². The Morgan fingerprint density at radius 2 is 2.00 bits per heavy atom. The second-order valence-electron chi connectivity index (χ2n) is 7.94. The lowest BCUT2D eigenvalue weighted by Gasteiger charge is -2.26. The lowest BCUT2D eigenvalue weighted by molar-refractivity contribution is 0.237. The Hall–Kier alpha value is -3.16. The summed E-state index contributed by atoms with van der Waals surface area (Å²) in [5, 5.41) is 2.69. The summed E-state index contributed by atoms with van der Waals surface area (Å²) in [5.41, 5.74) is 3.03. The molecule has 1 saturated heterocycles. The molecule has 2 aromatic heterocycles. The van der Waals surface area contributed by atoms with E-state index < -0.39 is 0 Å². The number of likely N-dealkylation sites (tertiary alicyclic amines) is 1. The van der Waals surface area contributed by atoms with Gasteiger partial charge in [0, 0.05) is 28.6 Å². The van der Waals surface area contributed by atoms with Gasteiger partial charge >= 0.3 is 0 Å². The molecule has 6 nitrogen and oxygen atoms in total. The molecule has 0 unspecified atom stereocenters. The second-order valence-corrected chi connectivity index (χ2v) is 8.80. The van der Waals surface area contributed by atoms with Crippen LogP contribution in [0, 0.1) is 0 Å². The topological polar surface area (TPSA) is 67.5 Å². The fourth-order valence-corrected chi connectivity index (χ4v) is 5.52. The van der Waals surface area contributed by atoms with Crippen molar-refractivity contribution in [1.82, 2.24) is 14.9 Å². The molecular formula is C25H25N3O3S. The number of nitrogens with zero attached hydrogens (tertiary/aromatic N) is 2. The van der Waals surface area contributed by atoms with Crippen molar-refractivity contribution in [2.45, 2.75) is 25.4 Å². The van der Waals surface area contributed by atoms with E-state index in [2.05, 4.69) is 16.0 Å². The highest BCUT2D eigenvalue weighted by molar-refractivity contribution is 7.17. The van der Waals surface area contributed by atoms with Crippen LogP contribution in [0.1, 0.15) is 30.3 Å². The molecule has 1 aliphatic rings. The highest BCUT2D eigenvalue weighted by Gasteiger charge is 2.29. The first kappa shape index (κ1) is 20.7. The highest BCUT2D eigenvalue weighted by atomic mass is 32.1. The van der Waals surface area contributed by atoms with Gasteiger partial charge in [-0.3, -0.25) is 9.69 Å². The molecule has 0 amide bonds. The zero-order valence-electron chi connectivity index (χ0n) is 18.1. The third-order valence-corrected chi connectivity index (χ3v) is 6.97. The molecule has 4 aromatic rings. The van der Waals surface area contributed by atoms with Gasteiger partial charge in [0.15, 0.2) is 0 Å². The standard InChI is InChI=1S/C25H25N3O3S/c1-30-17-10-11-18(21(13-17)31-2)20-9-6-12-28(20)14-22-26-24(29)23-19(15-32-25(23)27-22)16-7-4-3-5-8-16/h3-5,7-8,10-11,13,15,20H,6,9,12,14H2,1-2H3,(H,26,27,29)/t20-/m1/s1. The van der Waals surface area contributed by atoms with Crippen molar-refractivity contribution >= 4 is 21.6 Å². The third kappa shape index (κ3) is 3.78. The predicted octanol–water partition coefficient (Wildman–Crippen LogP) is 5.01. The summed E-state index contributed by atoms with van der Waals surface area (Å²) in [6.45, 7) is 1.53. The summed E-state index contributed by atoms with van der Waals surface area (Å²) >= 11 is 1.52. The highest BCUT2D eigenvalue weighted by Crippen LogP contribution is 2.39. The number of methoxy groups -OCH3 is 2. The zero-order valence-corrected chi connectivity index (χ0v) is 18.9. The lowest BCUT2D eigenvalue weighted by Crippen LogP contribution is -2.26. The summed E-state index contributed by atoms with van der Waals surface area (Å²) < 4.78 is 11.0. The molecule has 0 radical (unpaired) electrons. The van der Waals surface area contributed by atoms with Crippen LogP contribution in [0.5, 0.6) is 11.5 Å². The number of aromatic amines is 1. The molecule has 1 N–H and O–H groups in total. The zero-order chi connectivity index (χ0) is 22.1. The number of nitrogens with one attached hydrogen (secondary N) is 1. The largest absolute Gasteiger partial charge is 0.497 e. The van der Waals surface area contributed by atoms with E-state index in [1.807, 2.05) is 47.8 Å². The Morgan fingerprint density at radius 1 is 1.16 bits per heavy atom. The predicted molar refractivity (Wildman–Crippen MR) is 128 cm³/mol. The van der Waals surface area contributed by atoms with Crippen molar-refractivity contribution in [3.8, 4) is 22.6 Å². The molecule has 3 heterocycles. The molecule has 0 bridgehead atoms. The molecule has 1 atom stereocenters. The van der Waals surface area contributed by atoms with Crippen molar-refractivity contribution < 1.29 is 9.47 Å². The van der Waals surface area contributed by atoms with Crippen LogP contribution < -0.4 is 15.0 Å². The van der Waals surface area contributed by atoms with Crippen molar-refractivity contribution in [1.29, 1.82) is 0 Å². The minimum Gasteiger partial charge on any atom is -0.497 e. The average molecular weight is 448 g/mol. The Balaban J connectivity index is 1.45. The van der Waals surface area contributed by atoms with Gasteiger partial charge < -0.3 is 14.5 Å². The molecular weight excluding hydrogens is 422 g/mol. The van der Waals surface area contributed by atoms with Crippen LogP contribution in [0.25, 0.3) is 21.3 Å². The van der Waals surface area contributed by atoms with E-state index in [1.54, 1.807) is 14.2 Å². The van der Waals surface area contributed by atoms with Crippen LogP contribution in [-0.4, -0.2) is 35.6 Å². The Morgan fingerprint density at radius 3 is 2.78 bits per heavy atom. The number of thiophene rings is 1. The van der Waals surface area contributed by atoms with Gasteiger partial charge in [-0.25, -0.2) is 4.98 Å². The van der Waals surface area contributed by atoms with Gasteiger partial charge in [0.1, 0.15) is 22.2 Å². The number of aromatic nitrogens is 2. The number of fused-ring (bicyclic) bond motifs is 1. The molecule has 164 valence electrons. The van der Waals surface area contributed by atoms with Crippen LogP contribution in [0.2, 0.25) is 0 Å². The quantitative estimate of drug-likeness (QED) is 0.450. The monoisotopic (exact) mass is 447 g/mol. The fourth-order valence-electron chi connectivity index (χ4n) is 4.55. The smallest absolute Gasteiger partial charge is 0.260 e. The minimum absolute atomic E-state index is 0.0807. The second kappa shape index (κ2) is 8.76. The Kier molecular flexibility index (Phi) is 5.68. The first-order valence-electron chi connectivity index (χ1n) is 10.7. The first-order valence-corrected chi connectivity index (χ1v) is 11.6. The van der Waals surface area contributed by atoms with Gasteiger partial charge in [-0.05, 0) is 31.0 Å². The Labute approximate surface area is 190 Å². The molecule has 32 heavy (non-hydrogen) atoms. The van der Waals surface area contributed by atoms with E-state index in [9.17, 15) is 4.79 Å². The maximum Gasteiger partial charge on any atom is 0.260 e. The van der Waals surface area contributed by atoms with Gasteiger partial charge in [0.25, 0.3) is 5.56 Å². The number of ether oxygens (including phenoxy) is 2. The van der Waals surface area contributed by atoms with E-state index in [0.29, 0.717) is 17.8 Å². The summed E-state index contributed by atoms with van der Waals surface area (Å²) in [4.78, 5) is 24.0. The van der Waals surface area contributed by atoms with Gasteiger partial charge in [-0.1, -0.05) is 36.4 Å². The van der Waals surface area contributed by atoms with Gasteiger partial charge in [0.05, 0.1) is 26.2 Å². The van der Waals surface area contributed by atoms with E-state index in [0.717, 1.165) is 52.4 Å². The summed E-state index contributed by atoms with van der Waals surface area (Å²) in [5.74, 6) is 2.30. The molecule has 7 heteroatoms.